The topological polar surface area (TPSA) is 70.9 Å². The van der Waals surface area contributed by atoms with Crippen molar-refractivity contribution < 1.29 is 14.6 Å². The predicted octanol–water partition coefficient (Wildman–Crippen LogP) is 2.87. The van der Waals surface area contributed by atoms with Gasteiger partial charge in [-0.2, -0.15) is 5.10 Å². The van der Waals surface area contributed by atoms with Crippen LogP contribution in [0.3, 0.4) is 0 Å². The molecule has 0 saturated heterocycles. The zero-order valence-corrected chi connectivity index (χ0v) is 12.3. The number of rotatable bonds is 5. The largest absolute Gasteiger partial charge is 0.449 e. The Morgan fingerprint density at radius 3 is 2.32 bits per heavy atom. The molecule has 5 heteroatoms. The highest BCUT2D eigenvalue weighted by molar-refractivity contribution is 6.04. The van der Waals surface area contributed by atoms with Crippen LogP contribution in [0.5, 0.6) is 0 Å². The Bertz CT molecular complexity index is 627. The molecule has 0 aliphatic heterocycles. The first-order valence-electron chi connectivity index (χ1n) is 7.01. The molecule has 0 fully saturated rings. The number of aliphatic hydroxyl groups excluding tert-OH is 1. The van der Waals surface area contributed by atoms with E-state index in [1.807, 2.05) is 48.5 Å². The SMILES string of the molecule is CCOC(=O)N/N=C(/c1ccccc1)C(O)c1ccccc1. The van der Waals surface area contributed by atoms with Gasteiger partial charge in [-0.3, -0.25) is 0 Å². The fourth-order valence-corrected chi connectivity index (χ4v) is 1.95. The molecular weight excluding hydrogens is 280 g/mol. The van der Waals surface area contributed by atoms with Crippen molar-refractivity contribution in [2.45, 2.75) is 13.0 Å². The number of nitrogens with zero attached hydrogens (tertiary/aromatic N) is 1. The van der Waals surface area contributed by atoms with Gasteiger partial charge in [0.1, 0.15) is 11.8 Å². The quantitative estimate of drug-likeness (QED) is 0.658. The summed E-state index contributed by atoms with van der Waals surface area (Å²) < 4.78 is 4.77. The molecule has 1 amide bonds. The number of ether oxygens (including phenoxy) is 1. The summed E-state index contributed by atoms with van der Waals surface area (Å²) in [6.45, 7) is 1.96. The van der Waals surface area contributed by atoms with E-state index >= 15 is 0 Å². The van der Waals surface area contributed by atoms with Crippen LogP contribution in [0, 0.1) is 0 Å². The monoisotopic (exact) mass is 298 g/mol. The molecule has 0 aliphatic carbocycles. The zero-order chi connectivity index (χ0) is 15.8. The summed E-state index contributed by atoms with van der Waals surface area (Å²) in [7, 11) is 0. The third-order valence-corrected chi connectivity index (χ3v) is 2.99. The lowest BCUT2D eigenvalue weighted by atomic mass is 9.99. The van der Waals surface area contributed by atoms with E-state index < -0.39 is 12.2 Å². The number of aliphatic hydroxyl groups is 1. The number of hydrazone groups is 1. The van der Waals surface area contributed by atoms with Crippen LogP contribution in [0.4, 0.5) is 4.79 Å². The summed E-state index contributed by atoms with van der Waals surface area (Å²) in [5.74, 6) is 0. The molecule has 2 aromatic rings. The van der Waals surface area contributed by atoms with Gasteiger partial charge in [-0.15, -0.1) is 0 Å². The summed E-state index contributed by atoms with van der Waals surface area (Å²) in [6, 6.07) is 18.3. The van der Waals surface area contributed by atoms with Gasteiger partial charge in [0.2, 0.25) is 0 Å². The fraction of sp³-hybridized carbons (Fsp3) is 0.176. The second-order valence-corrected chi connectivity index (χ2v) is 4.51. The van der Waals surface area contributed by atoms with E-state index in [0.29, 0.717) is 11.3 Å². The third-order valence-electron chi connectivity index (χ3n) is 2.99. The Morgan fingerprint density at radius 1 is 1.14 bits per heavy atom. The van der Waals surface area contributed by atoms with E-state index in [1.165, 1.54) is 0 Å². The standard InChI is InChI=1S/C17H18N2O3/c1-2-22-17(21)19-18-15(13-9-5-3-6-10-13)16(20)14-11-7-4-8-12-14/h3-12,16,20H,2H2,1H3,(H,19,21)/b18-15-. The third kappa shape index (κ3) is 4.17. The smallest absolute Gasteiger partial charge is 0.427 e. The first kappa shape index (κ1) is 15.7. The molecule has 0 bridgehead atoms. The molecule has 22 heavy (non-hydrogen) atoms. The van der Waals surface area contributed by atoms with E-state index in [1.54, 1.807) is 19.1 Å². The number of carbonyl (C=O) groups is 1. The Labute approximate surface area is 129 Å². The molecule has 0 saturated carbocycles. The van der Waals surface area contributed by atoms with Crippen LogP contribution in [0.25, 0.3) is 0 Å². The molecular formula is C17H18N2O3. The van der Waals surface area contributed by atoms with Crippen LogP contribution in [0.1, 0.15) is 24.2 Å². The highest BCUT2D eigenvalue weighted by Crippen LogP contribution is 2.18. The molecule has 0 spiro atoms. The Morgan fingerprint density at radius 2 is 1.73 bits per heavy atom. The number of hydrogen-bond donors (Lipinski definition) is 2. The minimum Gasteiger partial charge on any atom is -0.449 e. The average Bonchev–Trinajstić information content (AvgIpc) is 2.57. The number of nitrogens with one attached hydrogen (secondary N) is 1. The van der Waals surface area contributed by atoms with Gasteiger partial charge < -0.3 is 9.84 Å². The second-order valence-electron chi connectivity index (χ2n) is 4.51. The number of amides is 1. The van der Waals surface area contributed by atoms with Crippen LogP contribution in [-0.4, -0.2) is 23.5 Å². The second kappa shape index (κ2) is 7.95. The molecule has 0 radical (unpaired) electrons. The van der Waals surface area contributed by atoms with Crippen molar-refractivity contribution >= 4 is 11.8 Å². The summed E-state index contributed by atoms with van der Waals surface area (Å²) in [5, 5.41) is 14.6. The van der Waals surface area contributed by atoms with Gasteiger partial charge in [-0.25, -0.2) is 10.2 Å². The fourth-order valence-electron chi connectivity index (χ4n) is 1.95. The van der Waals surface area contributed by atoms with Crippen molar-refractivity contribution in [1.82, 2.24) is 5.43 Å². The summed E-state index contributed by atoms with van der Waals surface area (Å²) in [5.41, 5.74) is 4.06. The minimum absolute atomic E-state index is 0.253. The van der Waals surface area contributed by atoms with E-state index in [2.05, 4.69) is 10.5 Å². The molecule has 114 valence electrons. The lowest BCUT2D eigenvalue weighted by Gasteiger charge is -2.14. The lowest BCUT2D eigenvalue weighted by molar-refractivity contribution is 0.152. The first-order chi connectivity index (χ1) is 10.7. The van der Waals surface area contributed by atoms with Crippen molar-refractivity contribution in [3.63, 3.8) is 0 Å². The van der Waals surface area contributed by atoms with Gasteiger partial charge in [0.25, 0.3) is 0 Å². The van der Waals surface area contributed by atoms with Gasteiger partial charge in [0.05, 0.1) is 6.61 Å². The van der Waals surface area contributed by atoms with Crippen molar-refractivity contribution in [3.8, 4) is 0 Å². The maximum Gasteiger partial charge on any atom is 0.427 e. The molecule has 2 N–H and O–H groups in total. The van der Waals surface area contributed by atoms with Gasteiger partial charge in [-0.1, -0.05) is 60.7 Å². The Balaban J connectivity index is 2.30. The van der Waals surface area contributed by atoms with Crippen LogP contribution >= 0.6 is 0 Å². The number of hydrogen-bond acceptors (Lipinski definition) is 4. The molecule has 0 aliphatic rings. The van der Waals surface area contributed by atoms with Crippen molar-refractivity contribution in [1.29, 1.82) is 0 Å². The van der Waals surface area contributed by atoms with Gasteiger partial charge in [0, 0.05) is 5.56 Å². The van der Waals surface area contributed by atoms with E-state index in [0.717, 1.165) is 5.56 Å². The summed E-state index contributed by atoms with van der Waals surface area (Å²) in [4.78, 5) is 11.4. The number of benzene rings is 2. The van der Waals surface area contributed by atoms with E-state index in [4.69, 9.17) is 4.74 Å². The van der Waals surface area contributed by atoms with Crippen LogP contribution in [-0.2, 0) is 4.74 Å². The minimum atomic E-state index is -0.953. The number of carbonyl (C=O) groups excluding carboxylic acids is 1. The highest BCUT2D eigenvalue weighted by Gasteiger charge is 2.17. The predicted molar refractivity (Wildman–Crippen MR) is 84.5 cm³/mol. The van der Waals surface area contributed by atoms with Gasteiger partial charge in [0.15, 0.2) is 0 Å². The van der Waals surface area contributed by atoms with E-state index in [-0.39, 0.29) is 6.61 Å². The highest BCUT2D eigenvalue weighted by atomic mass is 16.5. The Kier molecular flexibility index (Phi) is 5.68. The molecule has 1 unspecified atom stereocenters. The van der Waals surface area contributed by atoms with Gasteiger partial charge in [-0.05, 0) is 12.5 Å². The van der Waals surface area contributed by atoms with Crippen molar-refractivity contribution in [2.75, 3.05) is 6.61 Å². The first-order valence-corrected chi connectivity index (χ1v) is 7.01. The van der Waals surface area contributed by atoms with Gasteiger partial charge >= 0.3 is 6.09 Å². The van der Waals surface area contributed by atoms with Crippen molar-refractivity contribution in [3.05, 3.63) is 71.8 Å². The molecule has 2 rings (SSSR count). The van der Waals surface area contributed by atoms with Crippen LogP contribution in [0.15, 0.2) is 65.8 Å². The van der Waals surface area contributed by atoms with Crippen molar-refractivity contribution in [2.24, 2.45) is 5.10 Å². The Hall–Kier alpha value is -2.66. The summed E-state index contributed by atoms with van der Waals surface area (Å²) in [6.07, 6.45) is -1.61. The molecule has 0 aromatic heterocycles. The zero-order valence-electron chi connectivity index (χ0n) is 12.3. The molecule has 0 heterocycles. The van der Waals surface area contributed by atoms with Crippen LogP contribution in [0.2, 0.25) is 0 Å². The lowest BCUT2D eigenvalue weighted by Crippen LogP contribution is -2.24. The molecule has 2 aromatic carbocycles. The molecule has 1 atom stereocenters. The maximum absolute atomic E-state index is 11.4. The average molecular weight is 298 g/mol. The summed E-state index contributed by atoms with van der Waals surface area (Å²) >= 11 is 0. The normalized spacial score (nSPS) is 12.5. The van der Waals surface area contributed by atoms with E-state index in [9.17, 15) is 9.90 Å². The van der Waals surface area contributed by atoms with Crippen LogP contribution < -0.4 is 5.43 Å². The molecule has 5 nitrogen and oxygen atoms in total. The maximum atomic E-state index is 11.4.